The number of amides is 1. The third kappa shape index (κ3) is 3.99. The summed E-state index contributed by atoms with van der Waals surface area (Å²) in [4.78, 5) is 14.9. The van der Waals surface area contributed by atoms with Gasteiger partial charge in [-0.2, -0.15) is 4.31 Å². The van der Waals surface area contributed by atoms with Crippen LogP contribution in [0.2, 0.25) is 5.02 Å². The van der Waals surface area contributed by atoms with Gasteiger partial charge < -0.3 is 10.2 Å². The summed E-state index contributed by atoms with van der Waals surface area (Å²) in [5.74, 6) is -0.288. The van der Waals surface area contributed by atoms with Crippen LogP contribution >= 0.6 is 22.9 Å². The quantitative estimate of drug-likeness (QED) is 0.799. The van der Waals surface area contributed by atoms with Crippen LogP contribution in [0.4, 0.5) is 5.69 Å². The molecule has 2 fully saturated rings. The van der Waals surface area contributed by atoms with E-state index in [0.29, 0.717) is 31.2 Å². The van der Waals surface area contributed by atoms with Crippen LogP contribution in [0, 0.1) is 0 Å². The second kappa shape index (κ2) is 7.43. The van der Waals surface area contributed by atoms with Crippen molar-refractivity contribution in [3.05, 3.63) is 45.6 Å². The largest absolute Gasteiger partial charge is 0.369 e. The molecule has 4 rings (SSSR count). The molecule has 1 amide bonds. The maximum Gasteiger partial charge on any atom is 0.262 e. The summed E-state index contributed by atoms with van der Waals surface area (Å²) in [5.41, 5.74) is 0.986. The second-order valence-corrected chi connectivity index (χ2v) is 9.99. The SMILES string of the molecule is O=C(NC1CC1)c1sccc1S(=O)(=O)N1CCN(c2cccc(Cl)c2)CC1. The van der Waals surface area contributed by atoms with Crippen molar-refractivity contribution in [3.8, 4) is 0 Å². The maximum atomic E-state index is 13.1. The van der Waals surface area contributed by atoms with Crippen LogP contribution in [0.1, 0.15) is 22.5 Å². The van der Waals surface area contributed by atoms with E-state index in [0.717, 1.165) is 18.5 Å². The molecule has 0 radical (unpaired) electrons. The number of piperazine rings is 1. The topological polar surface area (TPSA) is 69.7 Å². The summed E-state index contributed by atoms with van der Waals surface area (Å²) in [5, 5.41) is 5.20. The molecular formula is C18H20ClN3O3S2. The number of rotatable bonds is 5. The maximum absolute atomic E-state index is 13.1. The van der Waals surface area contributed by atoms with Gasteiger partial charge >= 0.3 is 0 Å². The number of hydrogen-bond acceptors (Lipinski definition) is 5. The number of anilines is 1. The Hall–Kier alpha value is -1.61. The van der Waals surface area contributed by atoms with Crippen LogP contribution in [0.5, 0.6) is 0 Å². The zero-order valence-corrected chi connectivity index (χ0v) is 17.0. The Kier molecular flexibility index (Phi) is 5.15. The zero-order valence-electron chi connectivity index (χ0n) is 14.6. The minimum absolute atomic E-state index is 0.113. The highest BCUT2D eigenvalue weighted by molar-refractivity contribution is 7.89. The Morgan fingerprint density at radius 1 is 1.15 bits per heavy atom. The molecule has 1 aliphatic heterocycles. The molecule has 1 aromatic carbocycles. The molecule has 6 nitrogen and oxygen atoms in total. The lowest BCUT2D eigenvalue weighted by Crippen LogP contribution is -2.48. The molecule has 2 heterocycles. The molecule has 0 spiro atoms. The van der Waals surface area contributed by atoms with E-state index in [1.165, 1.54) is 21.7 Å². The van der Waals surface area contributed by atoms with E-state index in [2.05, 4.69) is 10.2 Å². The van der Waals surface area contributed by atoms with Crippen molar-refractivity contribution in [1.29, 1.82) is 0 Å². The number of carbonyl (C=O) groups is 1. The molecule has 0 bridgehead atoms. The minimum atomic E-state index is -3.69. The summed E-state index contributed by atoms with van der Waals surface area (Å²) in [6, 6.07) is 9.27. The molecule has 1 N–H and O–H groups in total. The van der Waals surface area contributed by atoms with E-state index in [1.54, 1.807) is 5.38 Å². The first-order valence-corrected chi connectivity index (χ1v) is 11.5. The Morgan fingerprint density at radius 3 is 2.56 bits per heavy atom. The van der Waals surface area contributed by atoms with Crippen LogP contribution in [0.3, 0.4) is 0 Å². The molecular weight excluding hydrogens is 406 g/mol. The van der Waals surface area contributed by atoms with Crippen molar-refractivity contribution in [2.45, 2.75) is 23.8 Å². The zero-order chi connectivity index (χ0) is 19.0. The third-order valence-electron chi connectivity index (χ3n) is 4.78. The Bertz CT molecular complexity index is 948. The standard InChI is InChI=1S/C18H20ClN3O3S2/c19-13-2-1-3-15(12-13)21-7-9-22(10-8-21)27(24,25)16-6-11-26-17(16)18(23)20-14-4-5-14/h1-3,6,11-12,14H,4-5,7-10H2,(H,20,23). The van der Waals surface area contributed by atoms with Gasteiger partial charge in [0, 0.05) is 42.9 Å². The first kappa shape index (κ1) is 18.7. The van der Waals surface area contributed by atoms with E-state index in [9.17, 15) is 13.2 Å². The lowest BCUT2D eigenvalue weighted by molar-refractivity contribution is 0.0952. The average molecular weight is 426 g/mol. The van der Waals surface area contributed by atoms with Gasteiger partial charge in [0.15, 0.2) is 0 Å². The van der Waals surface area contributed by atoms with Gasteiger partial charge in [0.1, 0.15) is 9.77 Å². The van der Waals surface area contributed by atoms with E-state index < -0.39 is 10.0 Å². The molecule has 2 aromatic rings. The normalized spacial score (nSPS) is 18.5. The highest BCUT2D eigenvalue weighted by Gasteiger charge is 2.34. The van der Waals surface area contributed by atoms with Gasteiger partial charge in [0.05, 0.1) is 0 Å². The van der Waals surface area contributed by atoms with Gasteiger partial charge in [-0.1, -0.05) is 17.7 Å². The van der Waals surface area contributed by atoms with E-state index >= 15 is 0 Å². The number of carbonyl (C=O) groups excluding carboxylic acids is 1. The molecule has 0 unspecified atom stereocenters. The van der Waals surface area contributed by atoms with Crippen molar-refractivity contribution in [2.24, 2.45) is 0 Å². The molecule has 1 aliphatic carbocycles. The Labute approximate surface area is 167 Å². The third-order valence-corrected chi connectivity index (χ3v) is 8.00. The lowest BCUT2D eigenvalue weighted by atomic mass is 10.2. The average Bonchev–Trinajstić information content (AvgIpc) is 3.32. The van der Waals surface area contributed by atoms with Crippen molar-refractivity contribution >= 4 is 44.6 Å². The van der Waals surface area contributed by atoms with E-state index in [1.807, 2.05) is 24.3 Å². The van der Waals surface area contributed by atoms with Crippen molar-refractivity contribution in [1.82, 2.24) is 9.62 Å². The van der Waals surface area contributed by atoms with E-state index in [4.69, 9.17) is 11.6 Å². The van der Waals surface area contributed by atoms with Gasteiger partial charge in [-0.15, -0.1) is 11.3 Å². The minimum Gasteiger partial charge on any atom is -0.369 e. The molecule has 2 aliphatic rings. The second-order valence-electron chi connectivity index (χ2n) is 6.73. The van der Waals surface area contributed by atoms with Gasteiger partial charge in [-0.3, -0.25) is 4.79 Å². The summed E-state index contributed by atoms with van der Waals surface area (Å²) in [6.45, 7) is 1.89. The Balaban J connectivity index is 1.48. The fourth-order valence-electron chi connectivity index (χ4n) is 3.14. The van der Waals surface area contributed by atoms with Crippen molar-refractivity contribution in [2.75, 3.05) is 31.1 Å². The first-order chi connectivity index (χ1) is 12.9. The van der Waals surface area contributed by atoms with Gasteiger partial charge in [0.25, 0.3) is 5.91 Å². The van der Waals surface area contributed by atoms with Crippen LogP contribution in [0.25, 0.3) is 0 Å². The van der Waals surface area contributed by atoms with Crippen LogP contribution in [-0.4, -0.2) is 50.9 Å². The van der Waals surface area contributed by atoms with Crippen LogP contribution in [0.15, 0.2) is 40.6 Å². The predicted molar refractivity (Wildman–Crippen MR) is 107 cm³/mol. The number of benzene rings is 1. The molecule has 144 valence electrons. The van der Waals surface area contributed by atoms with Crippen LogP contribution in [-0.2, 0) is 10.0 Å². The lowest BCUT2D eigenvalue weighted by Gasteiger charge is -2.35. The number of sulfonamides is 1. The van der Waals surface area contributed by atoms with E-state index in [-0.39, 0.29) is 21.7 Å². The molecule has 1 saturated heterocycles. The van der Waals surface area contributed by atoms with Gasteiger partial charge in [-0.25, -0.2) is 8.42 Å². The van der Waals surface area contributed by atoms with Crippen molar-refractivity contribution < 1.29 is 13.2 Å². The molecule has 9 heteroatoms. The number of halogens is 1. The molecule has 1 saturated carbocycles. The monoisotopic (exact) mass is 425 g/mol. The predicted octanol–water partition coefficient (Wildman–Crippen LogP) is 2.80. The van der Waals surface area contributed by atoms with Gasteiger partial charge in [-0.05, 0) is 42.5 Å². The Morgan fingerprint density at radius 2 is 1.89 bits per heavy atom. The fourth-order valence-corrected chi connectivity index (χ4v) is 6.05. The highest BCUT2D eigenvalue weighted by Crippen LogP contribution is 2.29. The first-order valence-electron chi connectivity index (χ1n) is 8.84. The smallest absolute Gasteiger partial charge is 0.262 e. The summed E-state index contributed by atoms with van der Waals surface area (Å²) >= 11 is 7.22. The fraction of sp³-hybridized carbons (Fsp3) is 0.389. The summed E-state index contributed by atoms with van der Waals surface area (Å²) in [7, 11) is -3.69. The number of nitrogens with one attached hydrogen (secondary N) is 1. The van der Waals surface area contributed by atoms with Crippen molar-refractivity contribution in [3.63, 3.8) is 0 Å². The summed E-state index contributed by atoms with van der Waals surface area (Å²) < 4.78 is 27.6. The molecule has 1 aromatic heterocycles. The number of nitrogens with zero attached hydrogens (tertiary/aromatic N) is 2. The molecule has 27 heavy (non-hydrogen) atoms. The molecule has 0 atom stereocenters. The van der Waals surface area contributed by atoms with Crippen LogP contribution < -0.4 is 10.2 Å². The van der Waals surface area contributed by atoms with Gasteiger partial charge in [0.2, 0.25) is 10.0 Å². The number of hydrogen-bond donors (Lipinski definition) is 1. The summed E-state index contributed by atoms with van der Waals surface area (Å²) in [6.07, 6.45) is 1.93. The highest BCUT2D eigenvalue weighted by atomic mass is 35.5. The number of thiophene rings is 1.